The van der Waals surface area contributed by atoms with E-state index in [-0.39, 0.29) is 11.9 Å². The molecule has 0 aromatic carbocycles. The molecule has 2 aliphatic carbocycles. The number of ether oxygens (including phenoxy) is 1. The quantitative estimate of drug-likeness (QED) is 0.696. The third-order valence-corrected chi connectivity index (χ3v) is 3.26. The maximum absolute atomic E-state index is 11.4. The van der Waals surface area contributed by atoms with Crippen LogP contribution >= 0.6 is 0 Å². The van der Waals surface area contributed by atoms with Crippen molar-refractivity contribution < 1.29 is 9.53 Å². The number of nitrogens with one attached hydrogen (secondary N) is 1. The zero-order valence-corrected chi connectivity index (χ0v) is 8.79. The molecule has 2 rings (SSSR count). The highest BCUT2D eigenvalue weighted by atomic mass is 16.5. The van der Waals surface area contributed by atoms with Crippen LogP contribution in [0.15, 0.2) is 0 Å². The summed E-state index contributed by atoms with van der Waals surface area (Å²) < 4.78 is 4.79. The largest absolute Gasteiger partial charge is 0.469 e. The van der Waals surface area contributed by atoms with Gasteiger partial charge < -0.3 is 10.1 Å². The van der Waals surface area contributed by atoms with Crippen LogP contribution in [-0.2, 0) is 9.53 Å². The lowest BCUT2D eigenvalue weighted by molar-refractivity contribution is -0.146. The summed E-state index contributed by atoms with van der Waals surface area (Å²) in [5, 5.41) is 3.59. The fourth-order valence-corrected chi connectivity index (χ4v) is 2.31. The lowest BCUT2D eigenvalue weighted by atomic mass is 9.85. The van der Waals surface area contributed by atoms with Crippen LogP contribution in [0, 0.1) is 5.92 Å². The molecule has 0 amide bonds. The van der Waals surface area contributed by atoms with Crippen molar-refractivity contribution in [2.75, 3.05) is 7.11 Å². The predicted octanol–water partition coefficient (Wildman–Crippen LogP) is 1.47. The lowest BCUT2D eigenvalue weighted by Crippen LogP contribution is -2.37. The topological polar surface area (TPSA) is 38.3 Å². The van der Waals surface area contributed by atoms with E-state index >= 15 is 0 Å². The van der Waals surface area contributed by atoms with Crippen molar-refractivity contribution in [1.82, 2.24) is 5.32 Å². The van der Waals surface area contributed by atoms with Crippen LogP contribution in [0.5, 0.6) is 0 Å². The third kappa shape index (κ3) is 2.47. The Balaban J connectivity index is 1.79. The monoisotopic (exact) mass is 197 g/mol. The minimum atomic E-state index is -0.0210. The molecule has 2 aliphatic rings. The number of carbonyl (C=O) groups excluding carboxylic acids is 1. The van der Waals surface area contributed by atoms with Crippen molar-refractivity contribution in [3.05, 3.63) is 0 Å². The van der Waals surface area contributed by atoms with Gasteiger partial charge in [0.05, 0.1) is 13.0 Å². The molecule has 2 fully saturated rings. The number of methoxy groups -OCH3 is 1. The highest BCUT2D eigenvalue weighted by Crippen LogP contribution is 2.28. The molecule has 2 atom stereocenters. The molecule has 2 saturated carbocycles. The lowest BCUT2D eigenvalue weighted by Gasteiger charge is -2.28. The molecular formula is C11H19NO2. The average Bonchev–Trinajstić information content (AvgIpc) is 3.01. The van der Waals surface area contributed by atoms with Gasteiger partial charge in [-0.05, 0) is 32.1 Å². The van der Waals surface area contributed by atoms with E-state index in [0.29, 0.717) is 6.04 Å². The number of rotatable bonds is 3. The van der Waals surface area contributed by atoms with E-state index in [1.54, 1.807) is 0 Å². The molecule has 0 aliphatic heterocycles. The van der Waals surface area contributed by atoms with Crippen molar-refractivity contribution >= 4 is 5.97 Å². The Morgan fingerprint density at radius 2 is 2.00 bits per heavy atom. The molecular weight excluding hydrogens is 178 g/mol. The first kappa shape index (κ1) is 9.97. The summed E-state index contributed by atoms with van der Waals surface area (Å²) in [7, 11) is 1.49. The summed E-state index contributed by atoms with van der Waals surface area (Å²) in [4.78, 5) is 11.4. The van der Waals surface area contributed by atoms with Crippen LogP contribution in [0.4, 0.5) is 0 Å². The van der Waals surface area contributed by atoms with E-state index in [0.717, 1.165) is 25.3 Å². The van der Waals surface area contributed by atoms with Gasteiger partial charge in [0.15, 0.2) is 0 Å². The second-order valence-electron chi connectivity index (χ2n) is 4.52. The molecule has 0 saturated heterocycles. The average molecular weight is 197 g/mol. The smallest absolute Gasteiger partial charge is 0.308 e. The number of hydrogen-bond donors (Lipinski definition) is 1. The molecule has 0 aromatic heterocycles. The Hall–Kier alpha value is -0.570. The van der Waals surface area contributed by atoms with Crippen molar-refractivity contribution in [2.24, 2.45) is 5.92 Å². The van der Waals surface area contributed by atoms with E-state index in [9.17, 15) is 4.79 Å². The molecule has 0 spiro atoms. The summed E-state index contributed by atoms with van der Waals surface area (Å²) in [5.74, 6) is 0.122. The summed E-state index contributed by atoms with van der Waals surface area (Å²) in [6.45, 7) is 0. The van der Waals surface area contributed by atoms with Gasteiger partial charge in [0.2, 0.25) is 0 Å². The maximum atomic E-state index is 11.4. The zero-order valence-electron chi connectivity index (χ0n) is 8.79. The highest BCUT2D eigenvalue weighted by Gasteiger charge is 2.31. The number of carbonyl (C=O) groups is 1. The number of hydrogen-bond acceptors (Lipinski definition) is 3. The fourth-order valence-electron chi connectivity index (χ4n) is 2.31. The Bertz CT molecular complexity index is 213. The van der Waals surface area contributed by atoms with Crippen LogP contribution in [0.2, 0.25) is 0 Å². The second-order valence-corrected chi connectivity index (χ2v) is 4.52. The fraction of sp³-hybridized carbons (Fsp3) is 0.909. The molecule has 0 radical (unpaired) electrons. The van der Waals surface area contributed by atoms with E-state index in [4.69, 9.17) is 4.74 Å². The van der Waals surface area contributed by atoms with Gasteiger partial charge in [0.25, 0.3) is 0 Å². The van der Waals surface area contributed by atoms with Crippen LogP contribution < -0.4 is 5.32 Å². The van der Waals surface area contributed by atoms with E-state index < -0.39 is 0 Å². The predicted molar refractivity (Wildman–Crippen MR) is 53.9 cm³/mol. The summed E-state index contributed by atoms with van der Waals surface area (Å²) in [5.41, 5.74) is 0. The van der Waals surface area contributed by atoms with Gasteiger partial charge in [-0.1, -0.05) is 6.42 Å². The first-order valence-electron chi connectivity index (χ1n) is 5.63. The van der Waals surface area contributed by atoms with E-state index in [2.05, 4.69) is 5.32 Å². The van der Waals surface area contributed by atoms with Crippen LogP contribution in [0.1, 0.15) is 38.5 Å². The number of esters is 1. The van der Waals surface area contributed by atoms with Gasteiger partial charge in [0, 0.05) is 12.1 Å². The van der Waals surface area contributed by atoms with Crippen LogP contribution in [0.25, 0.3) is 0 Å². The summed E-state index contributed by atoms with van der Waals surface area (Å²) in [6, 6.07) is 1.30. The van der Waals surface area contributed by atoms with E-state index in [1.807, 2.05) is 0 Å². The molecule has 0 bridgehead atoms. The first-order chi connectivity index (χ1) is 6.79. The van der Waals surface area contributed by atoms with Crippen LogP contribution in [-0.4, -0.2) is 25.2 Å². The van der Waals surface area contributed by atoms with Gasteiger partial charge in [-0.15, -0.1) is 0 Å². The SMILES string of the molecule is COC(=O)C1CCCC(NC2CC2)C1. The van der Waals surface area contributed by atoms with Gasteiger partial charge in [0.1, 0.15) is 0 Å². The molecule has 2 unspecified atom stereocenters. The Morgan fingerprint density at radius 1 is 1.21 bits per heavy atom. The van der Waals surface area contributed by atoms with Gasteiger partial charge in [-0.25, -0.2) is 0 Å². The molecule has 3 nitrogen and oxygen atoms in total. The summed E-state index contributed by atoms with van der Waals surface area (Å²) >= 11 is 0. The summed E-state index contributed by atoms with van der Waals surface area (Å²) in [6.07, 6.45) is 7.01. The van der Waals surface area contributed by atoms with E-state index in [1.165, 1.54) is 26.4 Å². The van der Waals surface area contributed by atoms with Crippen LogP contribution in [0.3, 0.4) is 0 Å². The Kier molecular flexibility index (Phi) is 3.06. The minimum absolute atomic E-state index is 0.0210. The molecule has 14 heavy (non-hydrogen) atoms. The molecule has 0 aromatic rings. The zero-order chi connectivity index (χ0) is 9.97. The highest BCUT2D eigenvalue weighted by molar-refractivity contribution is 5.72. The van der Waals surface area contributed by atoms with Crippen molar-refractivity contribution in [2.45, 2.75) is 50.6 Å². The van der Waals surface area contributed by atoms with Gasteiger partial charge in [-0.2, -0.15) is 0 Å². The molecule has 1 N–H and O–H groups in total. The minimum Gasteiger partial charge on any atom is -0.469 e. The molecule has 0 heterocycles. The first-order valence-corrected chi connectivity index (χ1v) is 5.63. The van der Waals surface area contributed by atoms with Gasteiger partial charge >= 0.3 is 5.97 Å². The maximum Gasteiger partial charge on any atom is 0.308 e. The van der Waals surface area contributed by atoms with Crippen molar-refractivity contribution in [3.8, 4) is 0 Å². The Labute approximate surface area is 85.2 Å². The Morgan fingerprint density at radius 3 is 2.64 bits per heavy atom. The van der Waals surface area contributed by atoms with Crippen molar-refractivity contribution in [1.29, 1.82) is 0 Å². The normalized spacial score (nSPS) is 32.6. The third-order valence-electron chi connectivity index (χ3n) is 3.26. The standard InChI is InChI=1S/C11H19NO2/c1-14-11(13)8-3-2-4-10(7-8)12-9-5-6-9/h8-10,12H,2-7H2,1H3. The molecule has 3 heteroatoms. The molecule has 80 valence electrons. The van der Waals surface area contributed by atoms with Gasteiger partial charge in [-0.3, -0.25) is 4.79 Å². The second kappa shape index (κ2) is 4.30. The van der Waals surface area contributed by atoms with Crippen molar-refractivity contribution in [3.63, 3.8) is 0 Å².